The molecule has 3 aliphatic rings. The molecule has 4 rings (SSSR count). The second-order valence-corrected chi connectivity index (χ2v) is 12.2. The van der Waals surface area contributed by atoms with E-state index < -0.39 is 33.3 Å². The van der Waals surface area contributed by atoms with E-state index in [0.717, 1.165) is 18.8 Å². The maximum absolute atomic E-state index is 14.4. The van der Waals surface area contributed by atoms with Crippen molar-refractivity contribution < 1.29 is 24.2 Å². The Bertz CT molecular complexity index is 1090. The first-order chi connectivity index (χ1) is 18.2. The first-order valence-corrected chi connectivity index (χ1v) is 14.2. The van der Waals surface area contributed by atoms with Crippen molar-refractivity contribution in [1.82, 2.24) is 4.90 Å². The van der Waals surface area contributed by atoms with Gasteiger partial charge in [-0.2, -0.15) is 0 Å². The van der Waals surface area contributed by atoms with Gasteiger partial charge in [0.05, 0.1) is 23.2 Å². The van der Waals surface area contributed by atoms with Crippen LogP contribution in [0, 0.1) is 11.8 Å². The molecule has 9 heteroatoms. The van der Waals surface area contributed by atoms with Crippen molar-refractivity contribution in [2.45, 2.75) is 49.1 Å². The summed E-state index contributed by atoms with van der Waals surface area (Å²) in [6, 6.07) is 7.04. The number of esters is 1. The van der Waals surface area contributed by atoms with Crippen molar-refractivity contribution in [2.24, 2.45) is 11.8 Å². The Morgan fingerprint density at radius 3 is 2.39 bits per heavy atom. The Labute approximate surface area is 229 Å². The number of carbonyl (C=O) groups is 3. The van der Waals surface area contributed by atoms with Crippen LogP contribution in [0.4, 0.5) is 11.4 Å². The molecule has 38 heavy (non-hydrogen) atoms. The van der Waals surface area contributed by atoms with Gasteiger partial charge in [-0.3, -0.25) is 14.4 Å². The molecule has 2 unspecified atom stereocenters. The number of fused-ring (bicyclic) bond motifs is 1. The Hall–Kier alpha value is -2.78. The maximum atomic E-state index is 14.4. The van der Waals surface area contributed by atoms with E-state index in [4.69, 9.17) is 4.74 Å². The molecule has 3 saturated heterocycles. The summed E-state index contributed by atoms with van der Waals surface area (Å²) in [6.07, 6.45) is 4.52. The molecule has 5 atom stereocenters. The first kappa shape index (κ1) is 28.2. The van der Waals surface area contributed by atoms with Crippen LogP contribution in [0.2, 0.25) is 0 Å². The number of aliphatic hydroxyl groups excluding tert-OH is 1. The fourth-order valence-corrected chi connectivity index (χ4v) is 9.01. The molecule has 0 aromatic heterocycles. The van der Waals surface area contributed by atoms with Crippen LogP contribution in [0.5, 0.6) is 0 Å². The van der Waals surface area contributed by atoms with Crippen LogP contribution in [-0.2, 0) is 19.1 Å². The normalized spacial score (nSPS) is 29.2. The third kappa shape index (κ3) is 4.43. The highest BCUT2D eigenvalue weighted by Gasteiger charge is 2.77. The Morgan fingerprint density at radius 2 is 1.82 bits per heavy atom. The smallest absolute Gasteiger partial charge is 0.311 e. The van der Waals surface area contributed by atoms with Crippen LogP contribution < -0.4 is 9.80 Å². The van der Waals surface area contributed by atoms with Gasteiger partial charge in [-0.15, -0.1) is 18.3 Å². The number of likely N-dealkylation sites (tertiary alicyclic amines) is 1. The second kappa shape index (κ2) is 11.1. The topological polar surface area (TPSA) is 90.4 Å². The number of β-amino-alcohol motifs (C(OH)–C–C–N with tert-alkyl or cyclic N) is 1. The standard InChI is InChI=1S/C29H39N3O5S/c1-6-16-31(21-12-10-20(11-13-21)30(8-3)9-4)26(35)24-29-15-14-28(5,38-29)23(27(36)37-19-7-2)22(29)25(34)32(24)17-18-33/h6-7,10-13,22-24,33H,1-2,8-9,14-19H2,3-5H3/t22-,23+,24?,28-,29?/m0/s1. The lowest BCUT2D eigenvalue weighted by Crippen LogP contribution is -2.55. The highest BCUT2D eigenvalue weighted by Crippen LogP contribution is 2.71. The van der Waals surface area contributed by atoms with Crippen molar-refractivity contribution in [3.8, 4) is 0 Å². The molecule has 1 aromatic carbocycles. The van der Waals surface area contributed by atoms with Crippen LogP contribution in [0.1, 0.15) is 33.6 Å². The Balaban J connectivity index is 1.73. The summed E-state index contributed by atoms with van der Waals surface area (Å²) in [4.78, 5) is 46.9. The van der Waals surface area contributed by atoms with E-state index in [9.17, 15) is 19.5 Å². The van der Waals surface area contributed by atoms with Crippen molar-refractivity contribution in [1.29, 1.82) is 0 Å². The predicted octanol–water partition coefficient (Wildman–Crippen LogP) is 3.25. The number of rotatable bonds is 12. The summed E-state index contributed by atoms with van der Waals surface area (Å²) in [5.74, 6) is -2.24. The molecule has 8 nitrogen and oxygen atoms in total. The van der Waals surface area contributed by atoms with E-state index in [1.807, 2.05) is 31.2 Å². The SMILES string of the molecule is C=CCOC(=O)[C@H]1[C@H]2C(=O)N(CCO)C(C(=O)N(CC=C)c3ccc(N(CC)CC)cc3)C23CC[C@]1(C)S3. The van der Waals surface area contributed by atoms with E-state index >= 15 is 0 Å². The van der Waals surface area contributed by atoms with E-state index in [-0.39, 0.29) is 38.1 Å². The van der Waals surface area contributed by atoms with Gasteiger partial charge in [-0.1, -0.05) is 18.7 Å². The summed E-state index contributed by atoms with van der Waals surface area (Å²) in [6.45, 7) is 15.5. The first-order valence-electron chi connectivity index (χ1n) is 13.4. The van der Waals surface area contributed by atoms with Gasteiger partial charge in [-0.25, -0.2) is 0 Å². The molecule has 2 bridgehead atoms. The summed E-state index contributed by atoms with van der Waals surface area (Å²) in [5.41, 5.74) is 1.79. The van der Waals surface area contributed by atoms with Gasteiger partial charge in [-0.05, 0) is 57.9 Å². The van der Waals surface area contributed by atoms with Gasteiger partial charge in [0.25, 0.3) is 5.91 Å². The minimum absolute atomic E-state index is 0.0298. The number of benzene rings is 1. The van der Waals surface area contributed by atoms with Crippen molar-refractivity contribution in [3.05, 3.63) is 49.6 Å². The average molecular weight is 542 g/mol. The van der Waals surface area contributed by atoms with Crippen LogP contribution in [-0.4, -0.2) is 82.7 Å². The summed E-state index contributed by atoms with van der Waals surface area (Å²) in [5, 5.41) is 9.86. The van der Waals surface area contributed by atoms with Crippen molar-refractivity contribution in [2.75, 3.05) is 49.2 Å². The zero-order chi connectivity index (χ0) is 27.7. The number of hydrogen-bond donors (Lipinski definition) is 1. The molecule has 3 heterocycles. The Morgan fingerprint density at radius 1 is 1.16 bits per heavy atom. The lowest BCUT2D eigenvalue weighted by Gasteiger charge is -2.37. The fraction of sp³-hybridized carbons (Fsp3) is 0.552. The highest BCUT2D eigenvalue weighted by atomic mass is 32.2. The van der Waals surface area contributed by atoms with Crippen molar-refractivity contribution in [3.63, 3.8) is 0 Å². The Kier molecular flexibility index (Phi) is 8.28. The molecule has 1 N–H and O–H groups in total. The molecule has 0 radical (unpaired) electrons. The predicted molar refractivity (Wildman–Crippen MR) is 151 cm³/mol. The number of anilines is 2. The number of amides is 2. The van der Waals surface area contributed by atoms with E-state index in [1.165, 1.54) is 11.0 Å². The van der Waals surface area contributed by atoms with Gasteiger partial charge < -0.3 is 24.5 Å². The quantitative estimate of drug-likeness (QED) is 0.321. The lowest BCUT2D eigenvalue weighted by molar-refractivity contribution is -0.154. The molecule has 3 aliphatic heterocycles. The third-order valence-corrected chi connectivity index (χ3v) is 10.3. The second-order valence-electron chi connectivity index (χ2n) is 10.3. The third-order valence-electron chi connectivity index (χ3n) is 8.32. The van der Waals surface area contributed by atoms with Gasteiger partial charge in [0.2, 0.25) is 5.91 Å². The van der Waals surface area contributed by atoms with Crippen LogP contribution in [0.3, 0.4) is 0 Å². The van der Waals surface area contributed by atoms with E-state index in [1.54, 1.807) is 22.7 Å². The molecule has 2 amide bonds. The molecule has 1 spiro atoms. The van der Waals surface area contributed by atoms with Gasteiger partial charge in [0.1, 0.15) is 12.6 Å². The number of aliphatic hydroxyl groups is 1. The summed E-state index contributed by atoms with van der Waals surface area (Å²) < 4.78 is 4.17. The minimum Gasteiger partial charge on any atom is -0.461 e. The largest absolute Gasteiger partial charge is 0.461 e. The van der Waals surface area contributed by atoms with Crippen molar-refractivity contribution >= 4 is 40.9 Å². The van der Waals surface area contributed by atoms with Crippen LogP contribution >= 0.6 is 11.8 Å². The average Bonchev–Trinajstić information content (AvgIpc) is 3.48. The zero-order valence-corrected chi connectivity index (χ0v) is 23.4. The zero-order valence-electron chi connectivity index (χ0n) is 22.6. The fourth-order valence-electron chi connectivity index (χ4n) is 6.67. The van der Waals surface area contributed by atoms with E-state index in [2.05, 4.69) is 31.9 Å². The number of hydrogen-bond acceptors (Lipinski definition) is 7. The summed E-state index contributed by atoms with van der Waals surface area (Å²) >= 11 is 1.58. The molecule has 206 valence electrons. The lowest BCUT2D eigenvalue weighted by atomic mass is 9.66. The molecule has 0 saturated carbocycles. The summed E-state index contributed by atoms with van der Waals surface area (Å²) in [7, 11) is 0. The maximum Gasteiger partial charge on any atom is 0.311 e. The van der Waals surface area contributed by atoms with Gasteiger partial charge in [0.15, 0.2) is 0 Å². The number of thioether (sulfide) groups is 1. The van der Waals surface area contributed by atoms with Gasteiger partial charge >= 0.3 is 5.97 Å². The number of nitrogens with zero attached hydrogens (tertiary/aromatic N) is 3. The minimum atomic E-state index is -0.807. The number of carbonyl (C=O) groups excluding carboxylic acids is 3. The monoisotopic (exact) mass is 541 g/mol. The number of ether oxygens (including phenoxy) is 1. The van der Waals surface area contributed by atoms with E-state index in [0.29, 0.717) is 18.5 Å². The molecule has 1 aromatic rings. The molecule has 3 fully saturated rings. The highest BCUT2D eigenvalue weighted by molar-refractivity contribution is 8.02. The molecular formula is C29H39N3O5S. The molecule has 0 aliphatic carbocycles. The molecular weight excluding hydrogens is 502 g/mol. The van der Waals surface area contributed by atoms with Crippen LogP contribution in [0.15, 0.2) is 49.6 Å². The van der Waals surface area contributed by atoms with Crippen LogP contribution in [0.25, 0.3) is 0 Å². The van der Waals surface area contributed by atoms with Gasteiger partial charge in [0, 0.05) is 42.3 Å².